The van der Waals surface area contributed by atoms with Crippen molar-refractivity contribution in [1.29, 1.82) is 0 Å². The predicted octanol–water partition coefficient (Wildman–Crippen LogP) is 2.70. The molecule has 98 valence electrons. The summed E-state index contributed by atoms with van der Waals surface area (Å²) >= 11 is 2.14. The Hall–Kier alpha value is -0.510. The van der Waals surface area contributed by atoms with Gasteiger partial charge in [-0.25, -0.2) is 0 Å². The van der Waals surface area contributed by atoms with Gasteiger partial charge in [0.15, 0.2) is 0 Å². The topological polar surface area (TPSA) is 15.3 Å². The van der Waals surface area contributed by atoms with E-state index in [-0.39, 0.29) is 0 Å². The number of nitrogens with one attached hydrogen (secondary N) is 1. The Morgan fingerprint density at radius 3 is 2.94 bits per heavy atom. The van der Waals surface area contributed by atoms with Crippen LogP contribution in [0, 0.1) is 0 Å². The predicted molar refractivity (Wildman–Crippen MR) is 78.7 cm³/mol. The van der Waals surface area contributed by atoms with Crippen LogP contribution >= 0.6 is 11.8 Å². The van der Waals surface area contributed by atoms with Gasteiger partial charge in [0.1, 0.15) is 0 Å². The molecule has 2 heterocycles. The van der Waals surface area contributed by atoms with Gasteiger partial charge in [0.05, 0.1) is 4.87 Å². The van der Waals surface area contributed by atoms with Crippen LogP contribution in [0.1, 0.15) is 25.3 Å². The molecule has 2 aliphatic heterocycles. The second-order valence-corrected chi connectivity index (χ2v) is 7.05. The van der Waals surface area contributed by atoms with Crippen molar-refractivity contribution in [2.45, 2.75) is 37.2 Å². The highest BCUT2D eigenvalue weighted by molar-refractivity contribution is 8.00. The highest BCUT2D eigenvalue weighted by Crippen LogP contribution is 2.38. The summed E-state index contributed by atoms with van der Waals surface area (Å²) < 4.78 is 0. The fourth-order valence-corrected chi connectivity index (χ4v) is 4.64. The Bertz CT molecular complexity index is 391. The summed E-state index contributed by atoms with van der Waals surface area (Å²) in [6.07, 6.45) is 2.65. The van der Waals surface area contributed by atoms with Gasteiger partial charge >= 0.3 is 0 Å². The maximum Gasteiger partial charge on any atom is 0.0777 e. The summed E-state index contributed by atoms with van der Waals surface area (Å²) in [7, 11) is 0. The van der Waals surface area contributed by atoms with Crippen molar-refractivity contribution in [2.75, 3.05) is 18.8 Å². The molecule has 1 spiro atoms. The molecule has 1 aromatic carbocycles. The van der Waals surface area contributed by atoms with E-state index in [1.54, 1.807) is 0 Å². The second-order valence-electron chi connectivity index (χ2n) is 5.65. The fraction of sp³-hybridized carbons (Fsp3) is 0.600. The maximum atomic E-state index is 3.81. The third-order valence-electron chi connectivity index (χ3n) is 3.90. The normalized spacial score (nSPS) is 33.1. The van der Waals surface area contributed by atoms with Gasteiger partial charge < -0.3 is 0 Å². The molecule has 0 bridgehead atoms. The molecule has 2 aliphatic rings. The minimum absolute atomic E-state index is 0.340. The van der Waals surface area contributed by atoms with Gasteiger partial charge in [-0.05, 0) is 31.9 Å². The number of nitrogens with zero attached hydrogens (tertiary/aromatic N) is 1. The Labute approximate surface area is 114 Å². The first-order valence-corrected chi connectivity index (χ1v) is 7.92. The summed E-state index contributed by atoms with van der Waals surface area (Å²) in [6.45, 7) is 5.83. The van der Waals surface area contributed by atoms with E-state index >= 15 is 0 Å². The van der Waals surface area contributed by atoms with E-state index in [0.29, 0.717) is 10.9 Å². The molecule has 0 amide bonds. The van der Waals surface area contributed by atoms with Crippen molar-refractivity contribution in [3.05, 3.63) is 35.9 Å². The minimum atomic E-state index is 0.340. The molecule has 0 aliphatic carbocycles. The van der Waals surface area contributed by atoms with Crippen molar-refractivity contribution in [2.24, 2.45) is 0 Å². The van der Waals surface area contributed by atoms with Crippen LogP contribution in [0.15, 0.2) is 30.3 Å². The number of thioether (sulfide) groups is 1. The lowest BCUT2D eigenvalue weighted by atomic mass is 10.0. The number of likely N-dealkylation sites (tertiary alicyclic amines) is 1. The SMILES string of the molecule is CC1CSC2(CCCN(Cc3ccccc3)C2)N1. The zero-order valence-electron chi connectivity index (χ0n) is 11.1. The molecule has 3 rings (SSSR count). The molecule has 1 aromatic rings. The summed E-state index contributed by atoms with van der Waals surface area (Å²) in [5.74, 6) is 1.26. The Kier molecular flexibility index (Phi) is 3.64. The summed E-state index contributed by atoms with van der Waals surface area (Å²) in [4.78, 5) is 2.95. The van der Waals surface area contributed by atoms with Crippen LogP contribution in [0.4, 0.5) is 0 Å². The summed E-state index contributed by atoms with van der Waals surface area (Å²) in [5, 5.41) is 3.81. The second kappa shape index (κ2) is 5.24. The standard InChI is InChI=1S/C15H22N2S/c1-13-11-18-15(16-13)8-5-9-17(12-15)10-14-6-3-2-4-7-14/h2-4,6-7,13,16H,5,8-12H2,1H3. The zero-order valence-corrected chi connectivity index (χ0v) is 11.9. The largest absolute Gasteiger partial charge is 0.298 e. The van der Waals surface area contributed by atoms with Crippen molar-refractivity contribution >= 4 is 11.8 Å². The molecule has 2 atom stereocenters. The van der Waals surface area contributed by atoms with Crippen molar-refractivity contribution in [3.8, 4) is 0 Å². The molecule has 0 radical (unpaired) electrons. The molecule has 3 heteroatoms. The first-order valence-electron chi connectivity index (χ1n) is 6.94. The number of hydrogen-bond acceptors (Lipinski definition) is 3. The van der Waals surface area contributed by atoms with Crippen molar-refractivity contribution < 1.29 is 0 Å². The van der Waals surface area contributed by atoms with E-state index in [4.69, 9.17) is 0 Å². The monoisotopic (exact) mass is 262 g/mol. The van der Waals surface area contributed by atoms with E-state index in [1.807, 2.05) is 0 Å². The van der Waals surface area contributed by atoms with E-state index in [0.717, 1.165) is 6.54 Å². The Morgan fingerprint density at radius 1 is 1.39 bits per heavy atom. The quantitative estimate of drug-likeness (QED) is 0.882. The van der Waals surface area contributed by atoms with Crippen molar-refractivity contribution in [3.63, 3.8) is 0 Å². The maximum absolute atomic E-state index is 3.81. The fourth-order valence-electron chi connectivity index (χ4n) is 3.14. The molecule has 2 saturated heterocycles. The number of rotatable bonds is 2. The molecule has 18 heavy (non-hydrogen) atoms. The van der Waals surface area contributed by atoms with E-state index in [9.17, 15) is 0 Å². The van der Waals surface area contributed by atoms with Crippen LogP contribution in [0.25, 0.3) is 0 Å². The van der Waals surface area contributed by atoms with Gasteiger partial charge in [-0.3, -0.25) is 10.2 Å². The van der Waals surface area contributed by atoms with E-state index in [1.165, 1.54) is 37.2 Å². The third-order valence-corrected chi connectivity index (χ3v) is 5.57. The molecule has 2 fully saturated rings. The average Bonchev–Trinajstić information content (AvgIpc) is 2.72. The van der Waals surface area contributed by atoms with Gasteiger partial charge in [0.2, 0.25) is 0 Å². The minimum Gasteiger partial charge on any atom is -0.298 e. The average molecular weight is 262 g/mol. The molecular formula is C15H22N2S. The highest BCUT2D eigenvalue weighted by atomic mass is 32.2. The molecular weight excluding hydrogens is 240 g/mol. The third kappa shape index (κ3) is 2.73. The molecule has 0 aromatic heterocycles. The lowest BCUT2D eigenvalue weighted by Gasteiger charge is -2.40. The smallest absolute Gasteiger partial charge is 0.0777 e. The molecule has 1 N–H and O–H groups in total. The summed E-state index contributed by atoms with van der Waals surface area (Å²) in [6, 6.07) is 11.5. The van der Waals surface area contributed by atoms with E-state index < -0.39 is 0 Å². The molecule has 2 nitrogen and oxygen atoms in total. The number of hydrogen-bond donors (Lipinski definition) is 1. The molecule has 0 saturated carbocycles. The van der Waals surface area contributed by atoms with E-state index in [2.05, 4.69) is 59.2 Å². The van der Waals surface area contributed by atoms with Gasteiger partial charge in [0.25, 0.3) is 0 Å². The van der Waals surface area contributed by atoms with Crippen LogP contribution in [0.5, 0.6) is 0 Å². The first-order chi connectivity index (χ1) is 8.76. The lowest BCUT2D eigenvalue weighted by Crippen LogP contribution is -2.53. The van der Waals surface area contributed by atoms with Crippen LogP contribution in [0.2, 0.25) is 0 Å². The summed E-state index contributed by atoms with van der Waals surface area (Å²) in [5.41, 5.74) is 1.44. The molecule has 2 unspecified atom stereocenters. The van der Waals surface area contributed by atoms with Gasteiger partial charge in [-0.15, -0.1) is 11.8 Å². The zero-order chi connectivity index (χ0) is 12.4. The van der Waals surface area contributed by atoms with Crippen LogP contribution in [-0.4, -0.2) is 34.7 Å². The van der Waals surface area contributed by atoms with Crippen LogP contribution in [-0.2, 0) is 6.54 Å². The van der Waals surface area contributed by atoms with Gasteiger partial charge in [0, 0.05) is 24.9 Å². The number of benzene rings is 1. The Morgan fingerprint density at radius 2 is 2.22 bits per heavy atom. The van der Waals surface area contributed by atoms with Gasteiger partial charge in [-0.1, -0.05) is 30.3 Å². The van der Waals surface area contributed by atoms with Crippen LogP contribution in [0.3, 0.4) is 0 Å². The Balaban J connectivity index is 1.64. The van der Waals surface area contributed by atoms with Gasteiger partial charge in [-0.2, -0.15) is 0 Å². The first kappa shape index (κ1) is 12.5. The highest BCUT2D eigenvalue weighted by Gasteiger charge is 2.40. The van der Waals surface area contributed by atoms with Crippen molar-refractivity contribution in [1.82, 2.24) is 10.2 Å². The van der Waals surface area contributed by atoms with Crippen LogP contribution < -0.4 is 5.32 Å². The number of piperidine rings is 1. The lowest BCUT2D eigenvalue weighted by molar-refractivity contribution is 0.167.